The van der Waals surface area contributed by atoms with Gasteiger partial charge in [0.05, 0.1) is 10.6 Å². The average molecular weight is 183 g/mol. The second kappa shape index (κ2) is 2.29. The van der Waals surface area contributed by atoms with Crippen LogP contribution < -0.4 is 0 Å². The normalized spacial score (nSPS) is 25.2. The first-order valence-corrected chi connectivity index (χ1v) is 5.43. The van der Waals surface area contributed by atoms with Crippen molar-refractivity contribution in [2.45, 2.75) is 17.7 Å². The van der Waals surface area contributed by atoms with Crippen molar-refractivity contribution in [3.05, 3.63) is 24.0 Å². The van der Waals surface area contributed by atoms with Gasteiger partial charge in [0.1, 0.15) is 0 Å². The van der Waals surface area contributed by atoms with Crippen molar-refractivity contribution < 1.29 is 8.42 Å². The first kappa shape index (κ1) is 7.73. The molecule has 1 aliphatic rings. The van der Waals surface area contributed by atoms with Gasteiger partial charge >= 0.3 is 0 Å². The highest BCUT2D eigenvalue weighted by Crippen LogP contribution is 2.33. The zero-order chi connectivity index (χ0) is 8.77. The van der Waals surface area contributed by atoms with E-state index in [-0.39, 0.29) is 11.7 Å². The van der Waals surface area contributed by atoms with Gasteiger partial charge in [-0.25, -0.2) is 8.42 Å². The number of rotatable bonds is 0. The Bertz CT molecular complexity index is 411. The SMILES string of the molecule is C[C@@H]1CS(=O)(=O)c2ccncc21. The lowest BCUT2D eigenvalue weighted by atomic mass is 10.1. The zero-order valence-corrected chi connectivity index (χ0v) is 7.50. The molecule has 3 nitrogen and oxygen atoms in total. The van der Waals surface area contributed by atoms with Crippen molar-refractivity contribution in [2.24, 2.45) is 0 Å². The van der Waals surface area contributed by atoms with Gasteiger partial charge in [-0.3, -0.25) is 4.98 Å². The van der Waals surface area contributed by atoms with Crippen LogP contribution in [-0.4, -0.2) is 19.2 Å². The van der Waals surface area contributed by atoms with E-state index in [1.165, 1.54) is 6.20 Å². The summed E-state index contributed by atoms with van der Waals surface area (Å²) in [5.74, 6) is 0.326. The molecule has 1 atom stereocenters. The molecule has 0 aromatic carbocycles. The van der Waals surface area contributed by atoms with Gasteiger partial charge in [-0.05, 0) is 17.5 Å². The van der Waals surface area contributed by atoms with Crippen molar-refractivity contribution >= 4 is 9.84 Å². The number of hydrogen-bond acceptors (Lipinski definition) is 3. The van der Waals surface area contributed by atoms with Crippen LogP contribution in [0.2, 0.25) is 0 Å². The van der Waals surface area contributed by atoms with Crippen molar-refractivity contribution in [3.63, 3.8) is 0 Å². The highest BCUT2D eigenvalue weighted by atomic mass is 32.2. The van der Waals surface area contributed by atoms with E-state index >= 15 is 0 Å². The third kappa shape index (κ3) is 0.948. The fraction of sp³-hybridized carbons (Fsp3) is 0.375. The highest BCUT2D eigenvalue weighted by Gasteiger charge is 2.31. The van der Waals surface area contributed by atoms with Crippen LogP contribution in [-0.2, 0) is 9.84 Å². The highest BCUT2D eigenvalue weighted by molar-refractivity contribution is 7.91. The smallest absolute Gasteiger partial charge is 0.179 e. The van der Waals surface area contributed by atoms with Gasteiger partial charge < -0.3 is 0 Å². The largest absolute Gasteiger partial charge is 0.264 e. The Hall–Kier alpha value is -0.900. The topological polar surface area (TPSA) is 47.0 Å². The van der Waals surface area contributed by atoms with Gasteiger partial charge in [-0.1, -0.05) is 6.92 Å². The maximum absolute atomic E-state index is 11.4. The molecule has 0 spiro atoms. The van der Waals surface area contributed by atoms with Crippen LogP contribution in [0.1, 0.15) is 18.4 Å². The third-order valence-corrected chi connectivity index (χ3v) is 4.13. The van der Waals surface area contributed by atoms with Crippen LogP contribution in [0.5, 0.6) is 0 Å². The molecule has 1 aromatic heterocycles. The number of sulfone groups is 1. The Morgan fingerprint density at radius 3 is 3.00 bits per heavy atom. The maximum Gasteiger partial charge on any atom is 0.179 e. The molecule has 12 heavy (non-hydrogen) atoms. The zero-order valence-electron chi connectivity index (χ0n) is 6.69. The van der Waals surface area contributed by atoms with Gasteiger partial charge in [0, 0.05) is 12.4 Å². The van der Waals surface area contributed by atoms with E-state index in [2.05, 4.69) is 4.98 Å². The minimum Gasteiger partial charge on any atom is -0.264 e. The van der Waals surface area contributed by atoms with Crippen LogP contribution in [0.25, 0.3) is 0 Å². The van der Waals surface area contributed by atoms with E-state index in [4.69, 9.17) is 0 Å². The summed E-state index contributed by atoms with van der Waals surface area (Å²) in [4.78, 5) is 4.37. The first-order chi connectivity index (χ1) is 5.61. The quantitative estimate of drug-likeness (QED) is 0.602. The molecule has 0 aliphatic carbocycles. The number of hydrogen-bond donors (Lipinski definition) is 0. The summed E-state index contributed by atoms with van der Waals surface area (Å²) < 4.78 is 22.9. The summed E-state index contributed by atoms with van der Waals surface area (Å²) in [7, 11) is -2.99. The molecular weight excluding hydrogens is 174 g/mol. The lowest BCUT2D eigenvalue weighted by molar-refractivity contribution is 0.598. The Kier molecular flexibility index (Phi) is 1.48. The molecule has 1 aromatic rings. The Balaban J connectivity index is 2.74. The minimum absolute atomic E-state index is 0.0960. The summed E-state index contributed by atoms with van der Waals surface area (Å²) in [6.07, 6.45) is 3.17. The summed E-state index contributed by atoms with van der Waals surface area (Å²) in [5.41, 5.74) is 0.859. The number of pyridine rings is 1. The minimum atomic E-state index is -2.99. The molecule has 0 bridgehead atoms. The first-order valence-electron chi connectivity index (χ1n) is 3.78. The van der Waals surface area contributed by atoms with Gasteiger partial charge in [0.2, 0.25) is 0 Å². The average Bonchev–Trinajstić information content (AvgIpc) is 2.25. The lowest BCUT2D eigenvalue weighted by Gasteiger charge is -1.97. The van der Waals surface area contributed by atoms with Crippen molar-refractivity contribution in [1.82, 2.24) is 4.98 Å². The summed E-state index contributed by atoms with van der Waals surface area (Å²) >= 11 is 0. The fourth-order valence-electron chi connectivity index (χ4n) is 1.56. The number of nitrogens with zero attached hydrogens (tertiary/aromatic N) is 1. The molecule has 1 aliphatic heterocycles. The van der Waals surface area contributed by atoms with Crippen LogP contribution in [0.3, 0.4) is 0 Å². The van der Waals surface area contributed by atoms with Gasteiger partial charge in [0.15, 0.2) is 9.84 Å². The summed E-state index contributed by atoms with van der Waals surface area (Å²) in [6.45, 7) is 1.91. The number of aromatic nitrogens is 1. The van der Waals surface area contributed by atoms with Crippen molar-refractivity contribution in [2.75, 3.05) is 5.75 Å². The van der Waals surface area contributed by atoms with E-state index in [0.29, 0.717) is 4.90 Å². The molecule has 0 N–H and O–H groups in total. The standard InChI is InChI=1S/C8H9NO2S/c1-6-5-12(10,11)8-2-3-9-4-7(6)8/h2-4,6H,5H2,1H3/t6-/m1/s1. The molecule has 2 rings (SSSR count). The Labute approximate surface area is 71.4 Å². The molecule has 4 heteroatoms. The maximum atomic E-state index is 11.4. The van der Waals surface area contributed by atoms with E-state index in [1.54, 1.807) is 12.3 Å². The van der Waals surface area contributed by atoms with Crippen LogP contribution >= 0.6 is 0 Å². The summed E-state index contributed by atoms with van der Waals surface area (Å²) in [6, 6.07) is 1.58. The second-order valence-corrected chi connectivity index (χ2v) is 5.10. The Morgan fingerprint density at radius 1 is 1.58 bits per heavy atom. The summed E-state index contributed by atoms with van der Waals surface area (Å²) in [5, 5.41) is 0. The molecule has 0 radical (unpaired) electrons. The molecule has 64 valence electrons. The van der Waals surface area contributed by atoms with Crippen LogP contribution in [0, 0.1) is 0 Å². The molecule has 0 saturated heterocycles. The van der Waals surface area contributed by atoms with Crippen molar-refractivity contribution in [3.8, 4) is 0 Å². The number of fused-ring (bicyclic) bond motifs is 1. The van der Waals surface area contributed by atoms with E-state index in [1.807, 2.05) is 6.92 Å². The van der Waals surface area contributed by atoms with Crippen LogP contribution in [0.15, 0.2) is 23.4 Å². The van der Waals surface area contributed by atoms with Crippen molar-refractivity contribution in [1.29, 1.82) is 0 Å². The predicted octanol–water partition coefficient (Wildman–Crippen LogP) is 0.972. The van der Waals surface area contributed by atoms with Gasteiger partial charge in [-0.15, -0.1) is 0 Å². The van der Waals surface area contributed by atoms with Gasteiger partial charge in [0.25, 0.3) is 0 Å². The molecule has 0 unspecified atom stereocenters. The Morgan fingerprint density at radius 2 is 2.33 bits per heavy atom. The fourth-order valence-corrected chi connectivity index (χ4v) is 3.45. The molecule has 0 saturated carbocycles. The predicted molar refractivity (Wildman–Crippen MR) is 44.7 cm³/mol. The second-order valence-electron chi connectivity index (χ2n) is 3.10. The van der Waals surface area contributed by atoms with Gasteiger partial charge in [-0.2, -0.15) is 0 Å². The molecule has 2 heterocycles. The molecule has 0 amide bonds. The third-order valence-electron chi connectivity index (χ3n) is 2.15. The lowest BCUT2D eigenvalue weighted by Crippen LogP contribution is -2.00. The van der Waals surface area contributed by atoms with E-state index < -0.39 is 9.84 Å². The van der Waals surface area contributed by atoms with E-state index in [9.17, 15) is 8.42 Å². The monoisotopic (exact) mass is 183 g/mol. The van der Waals surface area contributed by atoms with Crippen LogP contribution in [0.4, 0.5) is 0 Å². The van der Waals surface area contributed by atoms with E-state index in [0.717, 1.165) is 5.56 Å². The molecular formula is C8H9NO2S. The molecule has 0 fully saturated rings.